The number of carbonyl (C=O) groups excluding carboxylic acids is 3. The zero-order chi connectivity index (χ0) is 26.4. The van der Waals surface area contributed by atoms with Crippen LogP contribution in [0.1, 0.15) is 37.8 Å². The topological polar surface area (TPSA) is 243 Å². The average Bonchev–Trinajstić information content (AvgIpc) is 3.32. The highest BCUT2D eigenvalue weighted by Gasteiger charge is 2.30. The normalized spacial score (nSPS) is 14.3. The van der Waals surface area contributed by atoms with E-state index in [-0.39, 0.29) is 25.0 Å². The molecule has 15 heteroatoms. The number of carbonyl (C=O) groups is 5. The Balaban J connectivity index is 3.02. The van der Waals surface area contributed by atoms with Gasteiger partial charge in [0.1, 0.15) is 18.1 Å². The second-order valence-electron chi connectivity index (χ2n) is 7.81. The fourth-order valence-electron chi connectivity index (χ4n) is 3.02. The van der Waals surface area contributed by atoms with E-state index in [9.17, 15) is 29.1 Å². The van der Waals surface area contributed by atoms with Crippen LogP contribution in [0.25, 0.3) is 0 Å². The fraction of sp³-hybridized carbons (Fsp3) is 0.600. The van der Waals surface area contributed by atoms with Crippen LogP contribution in [-0.2, 0) is 30.4 Å². The van der Waals surface area contributed by atoms with Gasteiger partial charge in [0.25, 0.3) is 0 Å². The van der Waals surface area contributed by atoms with Crippen molar-refractivity contribution in [2.45, 2.75) is 62.7 Å². The van der Waals surface area contributed by atoms with E-state index in [0.717, 1.165) is 0 Å². The number of amides is 3. The highest BCUT2D eigenvalue weighted by molar-refractivity contribution is 7.80. The van der Waals surface area contributed by atoms with Crippen LogP contribution < -0.4 is 27.4 Å². The van der Waals surface area contributed by atoms with Gasteiger partial charge in [-0.25, -0.2) is 9.78 Å². The lowest BCUT2D eigenvalue weighted by Gasteiger charge is -2.25. The van der Waals surface area contributed by atoms with Crippen LogP contribution in [0.15, 0.2) is 12.5 Å². The summed E-state index contributed by atoms with van der Waals surface area (Å²) in [7, 11) is 0. The van der Waals surface area contributed by atoms with Crippen molar-refractivity contribution in [1.82, 2.24) is 25.9 Å². The molecule has 1 aromatic rings. The Hall–Kier alpha value is -3.17. The van der Waals surface area contributed by atoms with E-state index in [4.69, 9.17) is 16.6 Å². The number of aromatic nitrogens is 2. The molecule has 14 nitrogen and oxygen atoms in total. The first-order valence-corrected chi connectivity index (χ1v) is 11.6. The number of H-pyrrole nitrogens is 1. The summed E-state index contributed by atoms with van der Waals surface area (Å²) >= 11 is 3.98. The van der Waals surface area contributed by atoms with E-state index in [1.165, 1.54) is 12.5 Å². The maximum Gasteiger partial charge on any atom is 0.326 e. The van der Waals surface area contributed by atoms with Gasteiger partial charge in [-0.3, -0.25) is 19.2 Å². The van der Waals surface area contributed by atoms with Gasteiger partial charge in [-0.15, -0.1) is 0 Å². The quantitative estimate of drug-likeness (QED) is 0.0796. The smallest absolute Gasteiger partial charge is 0.326 e. The second-order valence-corrected chi connectivity index (χ2v) is 8.17. The largest absolute Gasteiger partial charge is 0.481 e. The van der Waals surface area contributed by atoms with E-state index < -0.39 is 60.2 Å². The summed E-state index contributed by atoms with van der Waals surface area (Å²) < 4.78 is 0. The summed E-state index contributed by atoms with van der Waals surface area (Å²) in [5.74, 6) is -4.70. The van der Waals surface area contributed by atoms with Crippen molar-refractivity contribution in [1.29, 1.82) is 0 Å². The summed E-state index contributed by atoms with van der Waals surface area (Å²) in [5, 5.41) is 25.5. The number of hydrogen-bond donors (Lipinski definition) is 9. The molecule has 0 saturated carbocycles. The highest BCUT2D eigenvalue weighted by Crippen LogP contribution is 2.07. The number of nitrogens with zero attached hydrogens (tertiary/aromatic N) is 1. The van der Waals surface area contributed by atoms with Gasteiger partial charge in [0.05, 0.1) is 12.4 Å². The van der Waals surface area contributed by atoms with Crippen LogP contribution >= 0.6 is 12.6 Å². The number of thiol groups is 1. The number of unbranched alkanes of at least 4 members (excludes halogenated alkanes) is 1. The van der Waals surface area contributed by atoms with Gasteiger partial charge in [0.15, 0.2) is 0 Å². The number of rotatable bonds is 17. The van der Waals surface area contributed by atoms with E-state index >= 15 is 0 Å². The van der Waals surface area contributed by atoms with Gasteiger partial charge in [-0.1, -0.05) is 0 Å². The Morgan fingerprint density at radius 1 is 0.971 bits per heavy atom. The molecule has 3 amide bonds. The third-order valence-corrected chi connectivity index (χ3v) is 5.38. The molecule has 1 rings (SSSR count). The monoisotopic (exact) mass is 515 g/mol. The summed E-state index contributed by atoms with van der Waals surface area (Å²) in [6.07, 6.45) is 3.22. The van der Waals surface area contributed by atoms with Crippen LogP contribution in [0, 0.1) is 0 Å². The lowest BCUT2D eigenvalue weighted by atomic mass is 10.0. The Bertz CT molecular complexity index is 853. The summed E-state index contributed by atoms with van der Waals surface area (Å²) in [4.78, 5) is 67.2. The van der Waals surface area contributed by atoms with Crippen molar-refractivity contribution in [3.05, 3.63) is 18.2 Å². The summed E-state index contributed by atoms with van der Waals surface area (Å²) in [6.45, 7) is 0.346. The highest BCUT2D eigenvalue weighted by atomic mass is 32.1. The Morgan fingerprint density at radius 3 is 2.14 bits per heavy atom. The SMILES string of the molecule is NCCCCC(NC(=O)C(Cc1cnc[nH]1)NC(=O)C(N)CS)C(=O)NC(CCC(=O)O)C(=O)O. The number of aliphatic carboxylic acids is 2. The number of hydrogen-bond acceptors (Lipinski definition) is 9. The molecular weight excluding hydrogens is 482 g/mol. The molecule has 0 aliphatic rings. The number of imidazole rings is 1. The number of aromatic amines is 1. The Labute approximate surface area is 207 Å². The minimum atomic E-state index is -1.46. The maximum absolute atomic E-state index is 13.1. The van der Waals surface area contributed by atoms with Crippen molar-refractivity contribution in [3.8, 4) is 0 Å². The molecule has 0 saturated heterocycles. The van der Waals surface area contributed by atoms with Crippen LogP contribution in [0.2, 0.25) is 0 Å². The zero-order valence-electron chi connectivity index (χ0n) is 19.1. The van der Waals surface area contributed by atoms with Crippen LogP contribution in [0.4, 0.5) is 0 Å². The molecule has 1 aromatic heterocycles. The molecule has 4 atom stereocenters. The standard InChI is InChI=1S/C20H33N7O7S/c21-6-2-1-3-13(18(31)26-14(20(33)34)4-5-16(28)29)25-19(32)15(7-11-8-23-10-24-11)27-17(30)12(22)9-35/h8,10,12-15,35H,1-7,9,21-22H2,(H,23,24)(H,25,32)(H,26,31)(H,27,30)(H,28,29)(H,33,34). The Kier molecular flexibility index (Phi) is 13.4. The fourth-order valence-corrected chi connectivity index (χ4v) is 3.18. The molecule has 35 heavy (non-hydrogen) atoms. The molecule has 0 aliphatic heterocycles. The van der Waals surface area contributed by atoms with Gasteiger partial charge in [-0.05, 0) is 32.2 Å². The minimum absolute atomic E-state index is 0.0182. The molecule has 0 spiro atoms. The molecule has 10 N–H and O–H groups in total. The van der Waals surface area contributed by atoms with Gasteiger partial charge < -0.3 is 42.6 Å². The second kappa shape index (κ2) is 15.7. The lowest BCUT2D eigenvalue weighted by molar-refractivity contribution is -0.143. The number of carboxylic acids is 2. The van der Waals surface area contributed by atoms with Crippen molar-refractivity contribution >= 4 is 42.3 Å². The first kappa shape index (κ1) is 29.9. The molecule has 0 aliphatic carbocycles. The first-order chi connectivity index (χ1) is 16.6. The van der Waals surface area contributed by atoms with Crippen LogP contribution in [0.5, 0.6) is 0 Å². The number of carboxylic acid groups (broad SMARTS) is 2. The molecule has 196 valence electrons. The van der Waals surface area contributed by atoms with Gasteiger partial charge >= 0.3 is 11.9 Å². The predicted molar refractivity (Wildman–Crippen MR) is 127 cm³/mol. The van der Waals surface area contributed by atoms with Crippen molar-refractivity contribution in [3.63, 3.8) is 0 Å². The average molecular weight is 516 g/mol. The molecule has 0 fully saturated rings. The number of nitrogens with one attached hydrogen (secondary N) is 4. The maximum atomic E-state index is 13.1. The van der Waals surface area contributed by atoms with E-state index in [0.29, 0.717) is 25.1 Å². The Morgan fingerprint density at radius 2 is 1.60 bits per heavy atom. The molecule has 0 bridgehead atoms. The van der Waals surface area contributed by atoms with Crippen molar-refractivity contribution in [2.24, 2.45) is 11.5 Å². The van der Waals surface area contributed by atoms with Crippen molar-refractivity contribution < 1.29 is 34.2 Å². The number of nitrogens with two attached hydrogens (primary N) is 2. The van der Waals surface area contributed by atoms with Crippen LogP contribution in [-0.4, -0.2) is 86.3 Å². The predicted octanol–water partition coefficient (Wildman–Crippen LogP) is -2.26. The van der Waals surface area contributed by atoms with Gasteiger partial charge in [0.2, 0.25) is 17.7 Å². The molecule has 4 unspecified atom stereocenters. The van der Waals surface area contributed by atoms with E-state index in [1.54, 1.807) is 0 Å². The zero-order valence-corrected chi connectivity index (χ0v) is 20.0. The molecular formula is C20H33N7O7S. The van der Waals surface area contributed by atoms with E-state index in [2.05, 4.69) is 38.5 Å². The van der Waals surface area contributed by atoms with Crippen molar-refractivity contribution in [2.75, 3.05) is 12.3 Å². The lowest BCUT2D eigenvalue weighted by Crippen LogP contribution is -2.57. The minimum Gasteiger partial charge on any atom is -0.481 e. The molecule has 0 radical (unpaired) electrons. The van der Waals surface area contributed by atoms with Gasteiger partial charge in [0, 0.05) is 30.5 Å². The van der Waals surface area contributed by atoms with Crippen LogP contribution in [0.3, 0.4) is 0 Å². The third-order valence-electron chi connectivity index (χ3n) is 4.99. The van der Waals surface area contributed by atoms with E-state index in [1.807, 2.05) is 0 Å². The third kappa shape index (κ3) is 11.2. The van der Waals surface area contributed by atoms with Gasteiger partial charge in [-0.2, -0.15) is 12.6 Å². The first-order valence-electron chi connectivity index (χ1n) is 11.0. The summed E-state index contributed by atoms with van der Waals surface area (Å²) in [5.41, 5.74) is 11.7. The molecule has 1 heterocycles. The summed E-state index contributed by atoms with van der Waals surface area (Å²) in [6, 6.07) is -4.70. The molecule has 0 aromatic carbocycles.